The lowest BCUT2D eigenvalue weighted by molar-refractivity contribution is 0.248. The molecule has 4 heterocycles. The Bertz CT molecular complexity index is 1160. The quantitative estimate of drug-likeness (QED) is 0.531. The molecule has 1 aliphatic heterocycles. The van der Waals surface area contributed by atoms with E-state index in [1.54, 1.807) is 15.6 Å². The van der Waals surface area contributed by atoms with Crippen LogP contribution in [-0.4, -0.2) is 35.8 Å². The van der Waals surface area contributed by atoms with Crippen LogP contribution in [0, 0.1) is 0 Å². The standard InChI is InChI=1S/C19H18N8O/c1-26-18-13(9-20-26)7-17-21-16(18)11-27-10-14(24-25-27)8-15(22-19(28)23-17)12-5-3-2-4-6-12/h2-7,9-10,15H,8,11H2,1H3,(H2,21,22,23,28). The van der Waals surface area contributed by atoms with Crippen LogP contribution in [0.5, 0.6) is 0 Å². The summed E-state index contributed by atoms with van der Waals surface area (Å²) in [6.45, 7) is 0.441. The molecule has 0 fully saturated rings. The molecule has 1 aromatic carbocycles. The number of urea groups is 1. The smallest absolute Gasteiger partial charge is 0.320 e. The van der Waals surface area contributed by atoms with E-state index in [0.29, 0.717) is 18.8 Å². The third kappa shape index (κ3) is 2.96. The molecule has 5 rings (SSSR count). The molecular formula is C19H18N8O. The summed E-state index contributed by atoms with van der Waals surface area (Å²) >= 11 is 0. The molecule has 4 bridgehead atoms. The molecule has 0 radical (unpaired) electrons. The van der Waals surface area contributed by atoms with Crippen LogP contribution in [0.4, 0.5) is 10.6 Å². The van der Waals surface area contributed by atoms with Gasteiger partial charge in [-0.1, -0.05) is 35.5 Å². The number of rotatable bonds is 1. The average Bonchev–Trinajstić information content (AvgIpc) is 3.28. The van der Waals surface area contributed by atoms with E-state index in [1.807, 2.05) is 49.6 Å². The molecule has 1 aliphatic rings. The van der Waals surface area contributed by atoms with Gasteiger partial charge in [0.2, 0.25) is 0 Å². The van der Waals surface area contributed by atoms with Gasteiger partial charge in [0.25, 0.3) is 0 Å². The fourth-order valence-corrected chi connectivity index (χ4v) is 3.59. The molecule has 0 saturated heterocycles. The zero-order chi connectivity index (χ0) is 19.1. The van der Waals surface area contributed by atoms with Crippen LogP contribution in [0.1, 0.15) is 23.0 Å². The van der Waals surface area contributed by atoms with E-state index in [0.717, 1.165) is 27.9 Å². The van der Waals surface area contributed by atoms with Gasteiger partial charge in [-0.2, -0.15) is 5.10 Å². The summed E-state index contributed by atoms with van der Waals surface area (Å²) in [5, 5.41) is 19.6. The van der Waals surface area contributed by atoms with Crippen molar-refractivity contribution < 1.29 is 4.79 Å². The number of hydrogen-bond acceptors (Lipinski definition) is 5. The molecule has 28 heavy (non-hydrogen) atoms. The summed E-state index contributed by atoms with van der Waals surface area (Å²) in [6.07, 6.45) is 4.20. The molecule has 2 N–H and O–H groups in total. The minimum atomic E-state index is -0.316. The van der Waals surface area contributed by atoms with E-state index in [2.05, 4.69) is 31.0 Å². The first kappa shape index (κ1) is 16.4. The van der Waals surface area contributed by atoms with Gasteiger partial charge in [-0.15, -0.1) is 5.10 Å². The highest BCUT2D eigenvalue weighted by Crippen LogP contribution is 2.23. The number of hydrogen-bond donors (Lipinski definition) is 2. The predicted octanol–water partition coefficient (Wildman–Crippen LogP) is 2.03. The number of nitrogens with one attached hydrogen (secondary N) is 2. The molecule has 9 nitrogen and oxygen atoms in total. The van der Waals surface area contributed by atoms with Crippen LogP contribution in [0.25, 0.3) is 10.9 Å². The Morgan fingerprint density at radius 1 is 1.21 bits per heavy atom. The number of fused-ring (bicyclic) bond motifs is 6. The van der Waals surface area contributed by atoms with Crippen molar-refractivity contribution in [2.75, 3.05) is 5.32 Å². The van der Waals surface area contributed by atoms with Crippen molar-refractivity contribution in [3.63, 3.8) is 0 Å². The Hall–Kier alpha value is -3.75. The second-order valence-electron chi connectivity index (χ2n) is 6.83. The van der Waals surface area contributed by atoms with Crippen LogP contribution in [0.15, 0.2) is 48.8 Å². The molecule has 9 heteroatoms. The van der Waals surface area contributed by atoms with Crippen molar-refractivity contribution in [3.05, 3.63) is 65.7 Å². The van der Waals surface area contributed by atoms with Gasteiger partial charge in [0.1, 0.15) is 5.82 Å². The van der Waals surface area contributed by atoms with Crippen LogP contribution < -0.4 is 10.6 Å². The van der Waals surface area contributed by atoms with E-state index in [-0.39, 0.29) is 12.1 Å². The highest BCUT2D eigenvalue weighted by atomic mass is 16.2. The number of amides is 2. The summed E-state index contributed by atoms with van der Waals surface area (Å²) < 4.78 is 3.54. The van der Waals surface area contributed by atoms with Crippen LogP contribution >= 0.6 is 0 Å². The van der Waals surface area contributed by atoms with Gasteiger partial charge in [-0.05, 0) is 11.6 Å². The van der Waals surface area contributed by atoms with Crippen molar-refractivity contribution in [3.8, 4) is 0 Å². The van der Waals surface area contributed by atoms with Gasteiger partial charge in [0, 0.05) is 25.1 Å². The number of benzene rings is 1. The molecule has 0 saturated carbocycles. The Morgan fingerprint density at radius 3 is 2.93 bits per heavy atom. The number of carbonyl (C=O) groups excluding carboxylic acids is 1. The van der Waals surface area contributed by atoms with Crippen molar-refractivity contribution in [1.82, 2.24) is 35.1 Å². The number of nitrogens with zero attached hydrogens (tertiary/aromatic N) is 6. The summed E-state index contributed by atoms with van der Waals surface area (Å²) in [4.78, 5) is 17.3. The van der Waals surface area contributed by atoms with Crippen molar-refractivity contribution in [2.45, 2.75) is 19.0 Å². The second-order valence-corrected chi connectivity index (χ2v) is 6.83. The largest absolute Gasteiger partial charge is 0.331 e. The highest BCUT2D eigenvalue weighted by molar-refractivity contribution is 5.92. The van der Waals surface area contributed by atoms with Crippen LogP contribution in [-0.2, 0) is 20.0 Å². The molecule has 1 unspecified atom stereocenters. The fraction of sp³-hybridized carbons (Fsp3) is 0.211. The van der Waals surface area contributed by atoms with Crippen LogP contribution in [0.2, 0.25) is 0 Å². The summed E-state index contributed by atoms with van der Waals surface area (Å²) in [5.41, 5.74) is 3.47. The molecule has 2 amide bonds. The van der Waals surface area contributed by atoms with Crippen molar-refractivity contribution in [1.29, 1.82) is 0 Å². The predicted molar refractivity (Wildman–Crippen MR) is 103 cm³/mol. The number of anilines is 1. The lowest BCUT2D eigenvalue weighted by Crippen LogP contribution is -2.34. The molecule has 140 valence electrons. The summed E-state index contributed by atoms with van der Waals surface area (Å²) in [5.74, 6) is 0.473. The third-order valence-corrected chi connectivity index (χ3v) is 4.85. The summed E-state index contributed by atoms with van der Waals surface area (Å²) in [7, 11) is 1.87. The number of pyridine rings is 1. The maximum absolute atomic E-state index is 12.7. The maximum Gasteiger partial charge on any atom is 0.320 e. The van der Waals surface area contributed by atoms with E-state index in [1.165, 1.54) is 0 Å². The van der Waals surface area contributed by atoms with Gasteiger partial charge in [-0.3, -0.25) is 10.00 Å². The first-order valence-corrected chi connectivity index (χ1v) is 8.99. The monoisotopic (exact) mass is 374 g/mol. The zero-order valence-corrected chi connectivity index (χ0v) is 15.2. The average molecular weight is 374 g/mol. The molecule has 4 aromatic rings. The fourth-order valence-electron chi connectivity index (χ4n) is 3.59. The molecule has 3 aromatic heterocycles. The van der Waals surface area contributed by atoms with E-state index >= 15 is 0 Å². The van der Waals surface area contributed by atoms with E-state index in [9.17, 15) is 4.79 Å². The van der Waals surface area contributed by atoms with Gasteiger partial charge in [0.05, 0.1) is 35.7 Å². The van der Waals surface area contributed by atoms with Gasteiger partial charge < -0.3 is 5.32 Å². The lowest BCUT2D eigenvalue weighted by Gasteiger charge is -2.19. The summed E-state index contributed by atoms with van der Waals surface area (Å²) in [6, 6.07) is 11.1. The number of carbonyl (C=O) groups is 1. The Morgan fingerprint density at radius 2 is 2.07 bits per heavy atom. The molecule has 0 aliphatic carbocycles. The Labute approximate surface area is 160 Å². The van der Waals surface area contributed by atoms with Gasteiger partial charge in [0.15, 0.2) is 0 Å². The van der Waals surface area contributed by atoms with E-state index < -0.39 is 0 Å². The van der Waals surface area contributed by atoms with Crippen LogP contribution in [0.3, 0.4) is 0 Å². The number of aryl methyl sites for hydroxylation is 1. The minimum absolute atomic E-state index is 0.229. The highest BCUT2D eigenvalue weighted by Gasteiger charge is 2.20. The normalized spacial score (nSPS) is 16.8. The third-order valence-electron chi connectivity index (χ3n) is 4.85. The maximum atomic E-state index is 12.7. The Balaban J connectivity index is 1.60. The Kier molecular flexibility index (Phi) is 3.78. The second kappa shape index (κ2) is 6.45. The SMILES string of the molecule is Cn1ncc2cc3nc(c21)Cn1cc(nn1)CC(c1ccccc1)NC(=O)N3. The first-order valence-electron chi connectivity index (χ1n) is 8.99. The van der Waals surface area contributed by atoms with Crippen molar-refractivity contribution >= 4 is 22.8 Å². The first-order chi connectivity index (χ1) is 13.7. The molecule has 0 spiro atoms. The van der Waals surface area contributed by atoms with Crippen molar-refractivity contribution in [2.24, 2.45) is 7.05 Å². The molecule has 1 atom stereocenters. The topological polar surface area (TPSA) is 103 Å². The zero-order valence-electron chi connectivity index (χ0n) is 15.2. The van der Waals surface area contributed by atoms with E-state index in [4.69, 9.17) is 0 Å². The number of aromatic nitrogens is 6. The lowest BCUT2D eigenvalue weighted by atomic mass is 10.0. The minimum Gasteiger partial charge on any atom is -0.331 e. The van der Waals surface area contributed by atoms with Gasteiger partial charge in [-0.25, -0.2) is 14.5 Å². The molecular weight excluding hydrogens is 356 g/mol. The van der Waals surface area contributed by atoms with Gasteiger partial charge >= 0.3 is 6.03 Å².